The predicted molar refractivity (Wildman–Crippen MR) is 90.7 cm³/mol. The summed E-state index contributed by atoms with van der Waals surface area (Å²) in [5.41, 5.74) is 1.60. The first-order valence-corrected chi connectivity index (χ1v) is 8.46. The fourth-order valence-electron chi connectivity index (χ4n) is 3.49. The van der Waals surface area contributed by atoms with Gasteiger partial charge in [-0.2, -0.15) is 0 Å². The zero-order chi connectivity index (χ0) is 16.2. The average Bonchev–Trinajstić information content (AvgIpc) is 2.94. The summed E-state index contributed by atoms with van der Waals surface area (Å²) in [6.07, 6.45) is 4.52. The number of rotatable bonds is 5. The minimum absolute atomic E-state index is 0.141. The van der Waals surface area contributed by atoms with Crippen molar-refractivity contribution in [1.82, 2.24) is 4.90 Å². The Kier molecular flexibility index (Phi) is 5.01. The van der Waals surface area contributed by atoms with Crippen molar-refractivity contribution in [3.63, 3.8) is 0 Å². The van der Waals surface area contributed by atoms with Gasteiger partial charge in [0.1, 0.15) is 11.3 Å². The van der Waals surface area contributed by atoms with E-state index in [-0.39, 0.29) is 5.91 Å². The molecule has 0 aliphatic carbocycles. The van der Waals surface area contributed by atoms with E-state index in [4.69, 9.17) is 9.15 Å². The lowest BCUT2D eigenvalue weighted by atomic mass is 9.93. The highest BCUT2D eigenvalue weighted by Gasteiger charge is 2.24. The van der Waals surface area contributed by atoms with Crippen molar-refractivity contribution in [2.24, 2.45) is 5.92 Å². The first-order chi connectivity index (χ1) is 11.2. The van der Waals surface area contributed by atoms with E-state index >= 15 is 0 Å². The number of ether oxygens (including phenoxy) is 1. The maximum Gasteiger partial charge on any atom is 0.253 e. The highest BCUT2D eigenvalue weighted by Crippen LogP contribution is 2.25. The Morgan fingerprint density at radius 2 is 2.26 bits per heavy atom. The number of carbonyl (C=O) groups excluding carboxylic acids is 1. The molecule has 1 amide bonds. The number of methoxy groups -OCH3 is 1. The molecule has 2 heterocycles. The monoisotopic (exact) mass is 315 g/mol. The Morgan fingerprint density at radius 1 is 1.39 bits per heavy atom. The molecule has 1 saturated heterocycles. The van der Waals surface area contributed by atoms with E-state index in [1.807, 2.05) is 36.1 Å². The van der Waals surface area contributed by atoms with Crippen LogP contribution in [0.4, 0.5) is 0 Å². The maximum atomic E-state index is 12.8. The largest absolute Gasteiger partial charge is 0.461 e. The van der Waals surface area contributed by atoms with Gasteiger partial charge in [-0.3, -0.25) is 4.79 Å². The highest BCUT2D eigenvalue weighted by atomic mass is 16.5. The number of amides is 1. The summed E-state index contributed by atoms with van der Waals surface area (Å²) in [5, 5.41) is 1.00. The minimum atomic E-state index is 0.141. The Morgan fingerprint density at radius 3 is 3.09 bits per heavy atom. The lowest BCUT2D eigenvalue weighted by molar-refractivity contribution is 0.0660. The molecule has 1 atom stereocenters. The minimum Gasteiger partial charge on any atom is -0.461 e. The standard InChI is InChI=1S/C19H25NO3/c1-14-11-17-12-16(7-8-18(17)23-14)19(21)20-9-3-5-15(13-20)6-4-10-22-2/h7-8,11-12,15H,3-6,9-10,13H2,1-2H3/t15-/m1/s1. The number of hydrogen-bond acceptors (Lipinski definition) is 3. The quantitative estimate of drug-likeness (QED) is 0.783. The molecule has 1 fully saturated rings. The van der Waals surface area contributed by atoms with Crippen LogP contribution >= 0.6 is 0 Å². The van der Waals surface area contributed by atoms with Crippen molar-refractivity contribution < 1.29 is 13.9 Å². The van der Waals surface area contributed by atoms with Crippen LogP contribution in [0.3, 0.4) is 0 Å². The molecule has 23 heavy (non-hydrogen) atoms. The van der Waals surface area contributed by atoms with Gasteiger partial charge in [0.2, 0.25) is 0 Å². The molecule has 1 aliphatic rings. The van der Waals surface area contributed by atoms with Crippen molar-refractivity contribution in [2.45, 2.75) is 32.6 Å². The number of furan rings is 1. The third-order valence-electron chi connectivity index (χ3n) is 4.65. The molecule has 1 aromatic carbocycles. The van der Waals surface area contributed by atoms with E-state index in [1.54, 1.807) is 7.11 Å². The van der Waals surface area contributed by atoms with Crippen LogP contribution in [-0.2, 0) is 4.74 Å². The molecule has 0 N–H and O–H groups in total. The van der Waals surface area contributed by atoms with E-state index in [2.05, 4.69) is 0 Å². The van der Waals surface area contributed by atoms with Gasteiger partial charge in [0.15, 0.2) is 0 Å². The van der Waals surface area contributed by atoms with Gasteiger partial charge in [0, 0.05) is 37.8 Å². The van der Waals surface area contributed by atoms with E-state index in [0.29, 0.717) is 5.92 Å². The third kappa shape index (κ3) is 3.75. The molecule has 0 spiro atoms. The van der Waals surface area contributed by atoms with Crippen molar-refractivity contribution in [2.75, 3.05) is 26.8 Å². The van der Waals surface area contributed by atoms with Crippen LogP contribution in [-0.4, -0.2) is 37.6 Å². The van der Waals surface area contributed by atoms with Crippen LogP contribution in [0.25, 0.3) is 11.0 Å². The summed E-state index contributed by atoms with van der Waals surface area (Å²) < 4.78 is 10.7. The number of piperidine rings is 1. The fourth-order valence-corrected chi connectivity index (χ4v) is 3.49. The first-order valence-electron chi connectivity index (χ1n) is 8.46. The van der Waals surface area contributed by atoms with Gasteiger partial charge in [-0.05, 0) is 62.8 Å². The van der Waals surface area contributed by atoms with Crippen LogP contribution in [0, 0.1) is 12.8 Å². The molecule has 1 aromatic heterocycles. The predicted octanol–water partition coefficient (Wildman–Crippen LogP) is 4.02. The van der Waals surface area contributed by atoms with E-state index in [9.17, 15) is 4.79 Å². The maximum absolute atomic E-state index is 12.8. The normalized spacial score (nSPS) is 18.5. The number of carbonyl (C=O) groups is 1. The SMILES string of the molecule is COCCC[C@H]1CCCN(C(=O)c2ccc3oc(C)cc3c2)C1. The molecule has 124 valence electrons. The number of nitrogens with zero attached hydrogens (tertiary/aromatic N) is 1. The van der Waals surface area contributed by atoms with Gasteiger partial charge in [-0.25, -0.2) is 0 Å². The van der Waals surface area contributed by atoms with Crippen LogP contribution in [0.5, 0.6) is 0 Å². The first kappa shape index (κ1) is 16.1. The summed E-state index contributed by atoms with van der Waals surface area (Å²) in [7, 11) is 1.74. The van der Waals surface area contributed by atoms with E-state index in [1.165, 1.54) is 6.42 Å². The third-order valence-corrected chi connectivity index (χ3v) is 4.65. The molecule has 3 rings (SSSR count). The molecule has 0 radical (unpaired) electrons. The van der Waals surface area contributed by atoms with Crippen LogP contribution in [0.1, 0.15) is 41.8 Å². The van der Waals surface area contributed by atoms with Gasteiger partial charge in [0.05, 0.1) is 0 Å². The second kappa shape index (κ2) is 7.18. The molecule has 0 saturated carbocycles. The van der Waals surface area contributed by atoms with Gasteiger partial charge in [0.25, 0.3) is 5.91 Å². The molecule has 4 nitrogen and oxygen atoms in total. The Labute approximate surface area is 137 Å². The van der Waals surface area contributed by atoms with Crippen molar-refractivity contribution in [3.05, 3.63) is 35.6 Å². The molecular weight excluding hydrogens is 290 g/mol. The average molecular weight is 315 g/mol. The molecule has 1 aliphatic heterocycles. The molecule has 0 bridgehead atoms. The summed E-state index contributed by atoms with van der Waals surface area (Å²) in [6.45, 7) is 4.46. The van der Waals surface area contributed by atoms with Crippen LogP contribution < -0.4 is 0 Å². The number of likely N-dealkylation sites (tertiary alicyclic amines) is 1. The van der Waals surface area contributed by atoms with Crippen LogP contribution in [0.2, 0.25) is 0 Å². The van der Waals surface area contributed by atoms with Gasteiger partial charge in [-0.1, -0.05) is 0 Å². The van der Waals surface area contributed by atoms with Crippen molar-refractivity contribution in [3.8, 4) is 0 Å². The summed E-state index contributed by atoms with van der Waals surface area (Å²) in [4.78, 5) is 14.8. The van der Waals surface area contributed by atoms with E-state index < -0.39 is 0 Å². The summed E-state index contributed by atoms with van der Waals surface area (Å²) >= 11 is 0. The molecular formula is C19H25NO3. The van der Waals surface area contributed by atoms with Crippen LogP contribution in [0.15, 0.2) is 28.7 Å². The fraction of sp³-hybridized carbons (Fsp3) is 0.526. The lowest BCUT2D eigenvalue weighted by Gasteiger charge is -2.33. The number of aryl methyl sites for hydroxylation is 1. The number of hydrogen-bond donors (Lipinski definition) is 0. The number of fused-ring (bicyclic) bond motifs is 1. The Bertz CT molecular complexity index is 676. The molecule has 4 heteroatoms. The van der Waals surface area contributed by atoms with Crippen molar-refractivity contribution >= 4 is 16.9 Å². The van der Waals surface area contributed by atoms with Gasteiger partial charge >= 0.3 is 0 Å². The highest BCUT2D eigenvalue weighted by molar-refractivity contribution is 5.97. The van der Waals surface area contributed by atoms with Gasteiger partial charge < -0.3 is 14.1 Å². The Hall–Kier alpha value is -1.81. The summed E-state index contributed by atoms with van der Waals surface area (Å²) in [6, 6.07) is 7.70. The zero-order valence-electron chi connectivity index (χ0n) is 14.0. The summed E-state index contributed by atoms with van der Waals surface area (Å²) in [5.74, 6) is 1.62. The number of benzene rings is 1. The van der Waals surface area contributed by atoms with Gasteiger partial charge in [-0.15, -0.1) is 0 Å². The lowest BCUT2D eigenvalue weighted by Crippen LogP contribution is -2.40. The second-order valence-corrected chi connectivity index (χ2v) is 6.50. The second-order valence-electron chi connectivity index (χ2n) is 6.50. The topological polar surface area (TPSA) is 42.7 Å². The smallest absolute Gasteiger partial charge is 0.253 e. The van der Waals surface area contributed by atoms with E-state index in [0.717, 1.165) is 61.3 Å². The molecule has 2 aromatic rings. The van der Waals surface area contributed by atoms with Crippen molar-refractivity contribution in [1.29, 1.82) is 0 Å². The zero-order valence-corrected chi connectivity index (χ0v) is 14.0. The molecule has 0 unspecified atom stereocenters. The Balaban J connectivity index is 1.68.